The summed E-state index contributed by atoms with van der Waals surface area (Å²) in [7, 11) is 3.59. The van der Waals surface area contributed by atoms with Crippen LogP contribution in [0.3, 0.4) is 0 Å². The molecule has 0 bridgehead atoms. The van der Waals surface area contributed by atoms with Gasteiger partial charge in [-0.05, 0) is 6.08 Å². The number of likely N-dealkylation sites (N-methyl/N-ethyl adjacent to an activating group) is 1. The van der Waals surface area contributed by atoms with Gasteiger partial charge in [0.25, 0.3) is 0 Å². The summed E-state index contributed by atoms with van der Waals surface area (Å²) in [6.45, 7) is 1.17. The molecule has 3 nitrogen and oxygen atoms in total. The second-order valence-electron chi connectivity index (χ2n) is 2.76. The molecule has 0 spiro atoms. The molecule has 0 aromatic carbocycles. The van der Waals surface area contributed by atoms with Crippen LogP contribution < -0.4 is 0 Å². The Kier molecular flexibility index (Phi) is 1.47. The van der Waals surface area contributed by atoms with E-state index in [2.05, 4.69) is 0 Å². The van der Waals surface area contributed by atoms with Crippen molar-refractivity contribution >= 4 is 0 Å². The van der Waals surface area contributed by atoms with E-state index in [1.54, 1.807) is 7.05 Å². The zero-order chi connectivity index (χ0) is 6.91. The van der Waals surface area contributed by atoms with Gasteiger partial charge in [-0.3, -0.25) is 0 Å². The molecule has 9 heavy (non-hydrogen) atoms. The number of hydrogen-bond acceptors (Lipinski definition) is 2. The number of hydroxylamine groups is 3. The maximum absolute atomic E-state index is 11.2. The van der Waals surface area contributed by atoms with Crippen LogP contribution in [0.1, 0.15) is 0 Å². The van der Waals surface area contributed by atoms with Gasteiger partial charge in [-0.15, -0.1) is 0 Å². The van der Waals surface area contributed by atoms with Gasteiger partial charge in [-0.2, -0.15) is 0 Å². The van der Waals surface area contributed by atoms with E-state index in [1.807, 2.05) is 24.2 Å². The third-order valence-corrected chi connectivity index (χ3v) is 1.37. The van der Waals surface area contributed by atoms with E-state index >= 15 is 0 Å². The predicted molar refractivity (Wildman–Crippen MR) is 36.2 cm³/mol. The Balaban J connectivity index is 2.58. The lowest BCUT2D eigenvalue weighted by Gasteiger charge is -2.42. The summed E-state index contributed by atoms with van der Waals surface area (Å²) < 4.78 is -0.174. The van der Waals surface area contributed by atoms with Gasteiger partial charge < -0.3 is 14.8 Å². The average molecular weight is 128 g/mol. The SMILES string of the molecule is CN1C=CC[N+](C)([O-])C1. The largest absolute Gasteiger partial charge is 0.631 e. The minimum absolute atomic E-state index is 0.174. The second kappa shape index (κ2) is 2.01. The lowest BCUT2D eigenvalue weighted by Crippen LogP contribution is -2.46. The highest BCUT2D eigenvalue weighted by atomic mass is 16.5. The Bertz CT molecular complexity index is 131. The predicted octanol–water partition coefficient (Wildman–Crippen LogP) is 0.347. The van der Waals surface area contributed by atoms with Crippen LogP contribution in [0.2, 0.25) is 0 Å². The van der Waals surface area contributed by atoms with E-state index in [0.717, 1.165) is 0 Å². The fourth-order valence-electron chi connectivity index (χ4n) is 1.03. The molecular weight excluding hydrogens is 116 g/mol. The van der Waals surface area contributed by atoms with Crippen LogP contribution >= 0.6 is 0 Å². The minimum atomic E-state index is -0.174. The Hall–Kier alpha value is -0.540. The van der Waals surface area contributed by atoms with Gasteiger partial charge in [0, 0.05) is 13.2 Å². The first kappa shape index (κ1) is 6.58. The fraction of sp³-hybridized carbons (Fsp3) is 0.667. The van der Waals surface area contributed by atoms with Crippen molar-refractivity contribution in [3.63, 3.8) is 0 Å². The molecule has 0 N–H and O–H groups in total. The van der Waals surface area contributed by atoms with Gasteiger partial charge in [-0.25, -0.2) is 0 Å². The van der Waals surface area contributed by atoms with E-state index in [4.69, 9.17) is 0 Å². The Morgan fingerprint density at radius 1 is 1.67 bits per heavy atom. The first-order chi connectivity index (χ1) is 4.10. The van der Waals surface area contributed by atoms with Crippen molar-refractivity contribution < 1.29 is 4.65 Å². The molecule has 0 aromatic heterocycles. The first-order valence-electron chi connectivity index (χ1n) is 3.03. The van der Waals surface area contributed by atoms with Crippen LogP contribution in [-0.2, 0) is 0 Å². The van der Waals surface area contributed by atoms with Crippen molar-refractivity contribution in [2.45, 2.75) is 0 Å². The van der Waals surface area contributed by atoms with Gasteiger partial charge in [-0.1, -0.05) is 0 Å². The molecule has 1 unspecified atom stereocenters. The van der Waals surface area contributed by atoms with Crippen molar-refractivity contribution in [1.82, 2.24) is 4.90 Å². The van der Waals surface area contributed by atoms with Gasteiger partial charge in [0.1, 0.15) is 0 Å². The molecule has 0 aromatic rings. The molecule has 52 valence electrons. The highest BCUT2D eigenvalue weighted by Gasteiger charge is 2.12. The lowest BCUT2D eigenvalue weighted by molar-refractivity contribution is -0.866. The molecule has 1 aliphatic heterocycles. The lowest BCUT2D eigenvalue weighted by atomic mass is 10.4. The molecule has 1 aliphatic rings. The van der Waals surface area contributed by atoms with Crippen LogP contribution in [0.25, 0.3) is 0 Å². The Morgan fingerprint density at radius 3 is 2.67 bits per heavy atom. The molecule has 1 rings (SSSR count). The van der Waals surface area contributed by atoms with E-state index in [9.17, 15) is 5.21 Å². The summed E-state index contributed by atoms with van der Waals surface area (Å²) in [6, 6.07) is 0. The third kappa shape index (κ3) is 1.69. The molecule has 0 saturated heterocycles. The topological polar surface area (TPSA) is 26.3 Å². The Morgan fingerprint density at radius 2 is 2.33 bits per heavy atom. The van der Waals surface area contributed by atoms with E-state index in [1.165, 1.54) is 0 Å². The molecule has 1 atom stereocenters. The summed E-state index contributed by atoms with van der Waals surface area (Å²) in [5.74, 6) is 0. The van der Waals surface area contributed by atoms with Crippen LogP contribution in [0.5, 0.6) is 0 Å². The fourth-order valence-corrected chi connectivity index (χ4v) is 1.03. The maximum Gasteiger partial charge on any atom is 0.153 e. The molecule has 0 saturated carbocycles. The van der Waals surface area contributed by atoms with Crippen molar-refractivity contribution in [1.29, 1.82) is 0 Å². The van der Waals surface area contributed by atoms with Crippen LogP contribution in [-0.4, -0.2) is 36.9 Å². The van der Waals surface area contributed by atoms with Crippen molar-refractivity contribution in [3.05, 3.63) is 17.5 Å². The third-order valence-electron chi connectivity index (χ3n) is 1.37. The molecule has 0 amide bonds. The molecule has 0 radical (unpaired) electrons. The number of nitrogens with zero attached hydrogens (tertiary/aromatic N) is 2. The van der Waals surface area contributed by atoms with Gasteiger partial charge in [0.2, 0.25) is 0 Å². The zero-order valence-corrected chi connectivity index (χ0v) is 5.87. The summed E-state index contributed by atoms with van der Waals surface area (Å²) in [5, 5.41) is 11.2. The molecule has 3 heteroatoms. The van der Waals surface area contributed by atoms with E-state index in [-0.39, 0.29) is 4.65 Å². The van der Waals surface area contributed by atoms with Crippen LogP contribution in [0.4, 0.5) is 0 Å². The summed E-state index contributed by atoms with van der Waals surface area (Å²) in [4.78, 5) is 1.90. The first-order valence-corrected chi connectivity index (χ1v) is 3.03. The number of rotatable bonds is 0. The van der Waals surface area contributed by atoms with E-state index in [0.29, 0.717) is 13.2 Å². The highest BCUT2D eigenvalue weighted by molar-refractivity contribution is 4.83. The van der Waals surface area contributed by atoms with Gasteiger partial charge >= 0.3 is 0 Å². The minimum Gasteiger partial charge on any atom is -0.631 e. The standard InChI is InChI=1S/C6H12N2O/c1-7-4-3-5-8(2,9)6-7/h3-4H,5-6H2,1-2H3. The Labute approximate surface area is 55.3 Å². The molecule has 0 fully saturated rings. The molecular formula is C6H12N2O. The van der Waals surface area contributed by atoms with Crippen LogP contribution in [0, 0.1) is 5.21 Å². The molecule has 0 aliphatic carbocycles. The van der Waals surface area contributed by atoms with E-state index < -0.39 is 0 Å². The van der Waals surface area contributed by atoms with Crippen molar-refractivity contribution in [2.75, 3.05) is 27.3 Å². The van der Waals surface area contributed by atoms with Crippen molar-refractivity contribution in [3.8, 4) is 0 Å². The van der Waals surface area contributed by atoms with Gasteiger partial charge in [0.05, 0.1) is 13.6 Å². The number of quaternary nitrogens is 1. The molecule has 1 heterocycles. The second-order valence-corrected chi connectivity index (χ2v) is 2.76. The average Bonchev–Trinajstić information content (AvgIpc) is 1.60. The normalized spacial score (nSPS) is 35.2. The summed E-state index contributed by atoms with van der Waals surface area (Å²) >= 11 is 0. The number of hydrogen-bond donors (Lipinski definition) is 0. The monoisotopic (exact) mass is 128 g/mol. The zero-order valence-electron chi connectivity index (χ0n) is 5.87. The highest BCUT2D eigenvalue weighted by Crippen LogP contribution is 2.06. The van der Waals surface area contributed by atoms with Crippen molar-refractivity contribution in [2.24, 2.45) is 0 Å². The quantitative estimate of drug-likeness (QED) is 0.347. The smallest absolute Gasteiger partial charge is 0.153 e. The maximum atomic E-state index is 11.2. The summed E-state index contributed by atoms with van der Waals surface area (Å²) in [5.41, 5.74) is 0. The van der Waals surface area contributed by atoms with Crippen LogP contribution in [0.15, 0.2) is 12.3 Å². The van der Waals surface area contributed by atoms with Gasteiger partial charge in [0.15, 0.2) is 6.67 Å². The summed E-state index contributed by atoms with van der Waals surface area (Å²) in [6.07, 6.45) is 3.84.